The van der Waals surface area contributed by atoms with Gasteiger partial charge in [-0.15, -0.1) is 0 Å². The van der Waals surface area contributed by atoms with Crippen LogP contribution >= 0.6 is 0 Å². The topological polar surface area (TPSA) is 43.1 Å². The van der Waals surface area contributed by atoms with E-state index in [2.05, 4.69) is 13.5 Å². The molecule has 0 amide bonds. The number of nitrogens with two attached hydrogens (primary N) is 1. The molecule has 1 saturated carbocycles. The van der Waals surface area contributed by atoms with Gasteiger partial charge in [-0.1, -0.05) is 26.3 Å². The summed E-state index contributed by atoms with van der Waals surface area (Å²) in [5, 5.41) is 0. The van der Waals surface area contributed by atoms with Gasteiger partial charge in [0.1, 0.15) is 0 Å². The van der Waals surface area contributed by atoms with Crippen molar-refractivity contribution >= 4 is 5.78 Å². The van der Waals surface area contributed by atoms with Gasteiger partial charge in [-0.25, -0.2) is 0 Å². The Bertz CT molecular complexity index is 200. The Balaban J connectivity index is 2.69. The first-order valence-corrected chi connectivity index (χ1v) is 4.54. The van der Waals surface area contributed by atoms with E-state index in [4.69, 9.17) is 5.73 Å². The average Bonchev–Trinajstić information content (AvgIpc) is 2.02. The van der Waals surface area contributed by atoms with E-state index in [0.717, 1.165) is 19.3 Å². The van der Waals surface area contributed by atoms with Crippen LogP contribution in [0.1, 0.15) is 32.6 Å². The Morgan fingerprint density at radius 2 is 2.42 bits per heavy atom. The molecule has 1 aliphatic rings. The third-order valence-electron chi connectivity index (χ3n) is 2.71. The van der Waals surface area contributed by atoms with Crippen LogP contribution in [0.25, 0.3) is 0 Å². The molecule has 1 rings (SSSR count). The second-order valence-corrected chi connectivity index (χ2v) is 3.93. The fourth-order valence-electron chi connectivity index (χ4n) is 2.02. The molecule has 0 aromatic carbocycles. The van der Waals surface area contributed by atoms with Crippen LogP contribution in [0.15, 0.2) is 12.7 Å². The summed E-state index contributed by atoms with van der Waals surface area (Å²) < 4.78 is 0. The molecule has 2 nitrogen and oxygen atoms in total. The second kappa shape index (κ2) is 3.40. The van der Waals surface area contributed by atoms with Crippen molar-refractivity contribution < 1.29 is 4.79 Å². The first kappa shape index (κ1) is 9.46. The molecule has 2 N–H and O–H groups in total. The normalized spacial score (nSPS) is 36.0. The van der Waals surface area contributed by atoms with Crippen molar-refractivity contribution in [2.75, 3.05) is 0 Å². The summed E-state index contributed by atoms with van der Waals surface area (Å²) >= 11 is 0. The van der Waals surface area contributed by atoms with E-state index in [9.17, 15) is 4.79 Å². The lowest BCUT2D eigenvalue weighted by Crippen LogP contribution is -2.50. The van der Waals surface area contributed by atoms with Crippen LogP contribution in [0.2, 0.25) is 0 Å². The first-order chi connectivity index (χ1) is 5.58. The van der Waals surface area contributed by atoms with Gasteiger partial charge in [0.15, 0.2) is 5.78 Å². The highest BCUT2D eigenvalue weighted by Gasteiger charge is 2.35. The third kappa shape index (κ3) is 1.75. The van der Waals surface area contributed by atoms with Crippen molar-refractivity contribution in [2.24, 2.45) is 11.7 Å². The lowest BCUT2D eigenvalue weighted by molar-refractivity contribution is -0.121. The quantitative estimate of drug-likeness (QED) is 0.635. The van der Waals surface area contributed by atoms with Crippen molar-refractivity contribution in [3.8, 4) is 0 Å². The number of hydrogen-bond donors (Lipinski definition) is 1. The Morgan fingerprint density at radius 3 is 2.92 bits per heavy atom. The maximum absolute atomic E-state index is 11.4. The van der Waals surface area contributed by atoms with Crippen molar-refractivity contribution in [1.82, 2.24) is 0 Å². The standard InChI is InChI=1S/C10H17NO/c1-3-9(12)10(11)6-4-5-8(2)7-10/h3,8H,1,4-7,11H2,2H3. The van der Waals surface area contributed by atoms with Crippen molar-refractivity contribution in [2.45, 2.75) is 38.1 Å². The summed E-state index contributed by atoms with van der Waals surface area (Å²) in [6.45, 7) is 5.63. The second-order valence-electron chi connectivity index (χ2n) is 3.93. The highest BCUT2D eigenvalue weighted by Crippen LogP contribution is 2.31. The molecule has 0 aromatic rings. The van der Waals surface area contributed by atoms with Gasteiger partial charge in [-0.05, 0) is 24.8 Å². The zero-order chi connectivity index (χ0) is 9.19. The average molecular weight is 167 g/mol. The van der Waals surface area contributed by atoms with E-state index in [1.54, 1.807) is 0 Å². The van der Waals surface area contributed by atoms with E-state index >= 15 is 0 Å². The fraction of sp³-hybridized carbons (Fsp3) is 0.700. The first-order valence-electron chi connectivity index (χ1n) is 4.54. The van der Waals surface area contributed by atoms with Crippen LogP contribution in [0.5, 0.6) is 0 Å². The van der Waals surface area contributed by atoms with Gasteiger partial charge in [-0.3, -0.25) is 4.79 Å². The minimum atomic E-state index is -0.598. The molecular formula is C10H17NO. The van der Waals surface area contributed by atoms with Crippen LogP contribution in [-0.2, 0) is 4.79 Å². The smallest absolute Gasteiger partial charge is 0.174 e. The summed E-state index contributed by atoms with van der Waals surface area (Å²) in [7, 11) is 0. The lowest BCUT2D eigenvalue weighted by atomic mass is 9.75. The molecule has 2 heteroatoms. The highest BCUT2D eigenvalue weighted by atomic mass is 16.1. The van der Waals surface area contributed by atoms with Gasteiger partial charge in [0, 0.05) is 0 Å². The minimum absolute atomic E-state index is 0.00838. The predicted octanol–water partition coefficient (Wildman–Crippen LogP) is 1.65. The lowest BCUT2D eigenvalue weighted by Gasteiger charge is -2.34. The van der Waals surface area contributed by atoms with E-state index in [-0.39, 0.29) is 5.78 Å². The minimum Gasteiger partial charge on any atom is -0.319 e. The fourth-order valence-corrected chi connectivity index (χ4v) is 2.02. The molecule has 0 spiro atoms. The van der Waals surface area contributed by atoms with Crippen molar-refractivity contribution in [3.63, 3.8) is 0 Å². The van der Waals surface area contributed by atoms with Crippen LogP contribution in [-0.4, -0.2) is 11.3 Å². The largest absolute Gasteiger partial charge is 0.319 e. The van der Waals surface area contributed by atoms with Gasteiger partial charge >= 0.3 is 0 Å². The number of hydrogen-bond acceptors (Lipinski definition) is 2. The van der Waals surface area contributed by atoms with E-state index in [1.807, 2.05) is 0 Å². The number of rotatable bonds is 2. The molecule has 2 unspecified atom stereocenters. The third-order valence-corrected chi connectivity index (χ3v) is 2.71. The van der Waals surface area contributed by atoms with E-state index < -0.39 is 5.54 Å². The number of ketones is 1. The Kier molecular flexibility index (Phi) is 2.68. The molecular weight excluding hydrogens is 150 g/mol. The molecule has 0 bridgehead atoms. The molecule has 0 aliphatic heterocycles. The summed E-state index contributed by atoms with van der Waals surface area (Å²) in [6.07, 6.45) is 5.26. The Morgan fingerprint density at radius 1 is 1.75 bits per heavy atom. The van der Waals surface area contributed by atoms with Gasteiger partial charge in [-0.2, -0.15) is 0 Å². The van der Waals surface area contributed by atoms with Gasteiger partial charge in [0.2, 0.25) is 0 Å². The molecule has 2 atom stereocenters. The van der Waals surface area contributed by atoms with Crippen LogP contribution in [0.4, 0.5) is 0 Å². The van der Waals surface area contributed by atoms with Crippen molar-refractivity contribution in [1.29, 1.82) is 0 Å². The zero-order valence-corrected chi connectivity index (χ0v) is 7.68. The predicted molar refractivity (Wildman–Crippen MR) is 49.8 cm³/mol. The molecule has 1 fully saturated rings. The van der Waals surface area contributed by atoms with E-state index in [1.165, 1.54) is 12.5 Å². The maximum Gasteiger partial charge on any atom is 0.174 e. The van der Waals surface area contributed by atoms with Crippen LogP contribution in [0, 0.1) is 5.92 Å². The maximum atomic E-state index is 11.4. The Hall–Kier alpha value is -0.630. The van der Waals surface area contributed by atoms with Crippen LogP contribution < -0.4 is 5.73 Å². The molecule has 0 heterocycles. The molecule has 0 aromatic heterocycles. The van der Waals surface area contributed by atoms with Gasteiger partial charge in [0.05, 0.1) is 5.54 Å². The molecule has 0 radical (unpaired) electrons. The molecule has 12 heavy (non-hydrogen) atoms. The molecule has 68 valence electrons. The highest BCUT2D eigenvalue weighted by molar-refractivity contribution is 5.97. The summed E-state index contributed by atoms with van der Waals surface area (Å²) in [5.41, 5.74) is 5.38. The number of carbonyl (C=O) groups is 1. The summed E-state index contributed by atoms with van der Waals surface area (Å²) in [5.74, 6) is 0.585. The Labute approximate surface area is 73.8 Å². The SMILES string of the molecule is C=CC(=O)C1(N)CCCC(C)C1. The monoisotopic (exact) mass is 167 g/mol. The molecule has 0 saturated heterocycles. The van der Waals surface area contributed by atoms with Gasteiger partial charge < -0.3 is 5.73 Å². The van der Waals surface area contributed by atoms with Gasteiger partial charge in [0.25, 0.3) is 0 Å². The van der Waals surface area contributed by atoms with E-state index in [0.29, 0.717) is 5.92 Å². The summed E-state index contributed by atoms with van der Waals surface area (Å²) in [4.78, 5) is 11.4. The zero-order valence-electron chi connectivity index (χ0n) is 7.68. The van der Waals surface area contributed by atoms with Crippen LogP contribution in [0.3, 0.4) is 0 Å². The summed E-state index contributed by atoms with van der Waals surface area (Å²) in [6, 6.07) is 0. The molecule has 1 aliphatic carbocycles. The number of carbonyl (C=O) groups excluding carboxylic acids is 1. The van der Waals surface area contributed by atoms with Crippen molar-refractivity contribution in [3.05, 3.63) is 12.7 Å².